The van der Waals surface area contributed by atoms with Crippen LogP contribution in [-0.4, -0.2) is 32.3 Å². The lowest BCUT2D eigenvalue weighted by atomic mass is 10.4. The number of hydrogen-bond donors (Lipinski definition) is 2. The van der Waals surface area contributed by atoms with Gasteiger partial charge in [0.05, 0.1) is 6.20 Å². The van der Waals surface area contributed by atoms with Crippen molar-refractivity contribution in [1.82, 2.24) is 20.7 Å². The van der Waals surface area contributed by atoms with E-state index in [1.165, 1.54) is 6.20 Å². The maximum absolute atomic E-state index is 11.0. The van der Waals surface area contributed by atoms with Crippen LogP contribution >= 0.6 is 22.6 Å². The number of H-pyrrole nitrogens is 1. The third-order valence-corrected chi connectivity index (χ3v) is 1.57. The lowest BCUT2D eigenvalue weighted by Crippen LogP contribution is -2.25. The van der Waals surface area contributed by atoms with Crippen molar-refractivity contribution in [2.75, 3.05) is 11.0 Å². The van der Waals surface area contributed by atoms with E-state index in [4.69, 9.17) is 0 Å². The van der Waals surface area contributed by atoms with Gasteiger partial charge in [0.1, 0.15) is 0 Å². The molecule has 2 N–H and O–H groups in total. The molecule has 1 rings (SSSR count). The van der Waals surface area contributed by atoms with Gasteiger partial charge >= 0.3 is 0 Å². The Morgan fingerprint density at radius 3 is 3.18 bits per heavy atom. The highest BCUT2D eigenvalue weighted by atomic mass is 127. The van der Waals surface area contributed by atoms with Gasteiger partial charge in [-0.25, -0.2) is 0 Å². The highest BCUT2D eigenvalue weighted by molar-refractivity contribution is 14.1. The largest absolute Gasteiger partial charge is 0.350 e. The van der Waals surface area contributed by atoms with Crippen LogP contribution in [0, 0.1) is 0 Å². The van der Waals surface area contributed by atoms with Gasteiger partial charge in [0.2, 0.25) is 0 Å². The van der Waals surface area contributed by atoms with Crippen LogP contribution in [0.1, 0.15) is 10.5 Å². The Kier molecular flexibility index (Phi) is 3.27. The monoisotopic (exact) mass is 266 g/mol. The van der Waals surface area contributed by atoms with Crippen LogP contribution in [0.2, 0.25) is 0 Å². The summed E-state index contributed by atoms with van der Waals surface area (Å²) in [6.45, 7) is 0.659. The zero-order chi connectivity index (χ0) is 8.10. The van der Waals surface area contributed by atoms with Crippen LogP contribution in [0.3, 0.4) is 0 Å². The number of carbonyl (C=O) groups is 1. The van der Waals surface area contributed by atoms with Gasteiger partial charge in [0.15, 0.2) is 5.69 Å². The van der Waals surface area contributed by atoms with Gasteiger partial charge in [0, 0.05) is 11.0 Å². The first-order valence-corrected chi connectivity index (χ1v) is 4.57. The Bertz CT molecular complexity index is 222. The Morgan fingerprint density at radius 1 is 1.82 bits per heavy atom. The van der Waals surface area contributed by atoms with E-state index in [1.54, 1.807) is 0 Å². The molecule has 0 aliphatic rings. The second kappa shape index (κ2) is 4.27. The number of alkyl halides is 1. The molecule has 0 fully saturated rings. The number of amides is 1. The average Bonchev–Trinajstić information content (AvgIpc) is 2.52. The SMILES string of the molecule is O=C(NCCI)c1cn[nH]n1. The minimum atomic E-state index is -0.185. The van der Waals surface area contributed by atoms with E-state index in [0.717, 1.165) is 4.43 Å². The number of carbonyl (C=O) groups excluding carboxylic acids is 1. The molecule has 0 radical (unpaired) electrons. The molecule has 1 heterocycles. The summed E-state index contributed by atoms with van der Waals surface area (Å²) in [7, 11) is 0. The molecule has 0 aliphatic heterocycles. The zero-order valence-electron chi connectivity index (χ0n) is 5.67. The first kappa shape index (κ1) is 8.44. The molecule has 1 amide bonds. The van der Waals surface area contributed by atoms with Crippen molar-refractivity contribution >= 4 is 28.5 Å². The van der Waals surface area contributed by atoms with Gasteiger partial charge in [-0.15, -0.1) is 0 Å². The predicted octanol–water partition coefficient (Wildman–Crippen LogP) is -0.0305. The highest BCUT2D eigenvalue weighted by Gasteiger charge is 2.05. The average molecular weight is 266 g/mol. The lowest BCUT2D eigenvalue weighted by molar-refractivity contribution is 0.0951. The molecule has 0 aliphatic carbocycles. The quantitative estimate of drug-likeness (QED) is 0.596. The minimum absolute atomic E-state index is 0.185. The number of rotatable bonds is 3. The Morgan fingerprint density at radius 2 is 2.64 bits per heavy atom. The van der Waals surface area contributed by atoms with Crippen molar-refractivity contribution in [3.8, 4) is 0 Å². The van der Waals surface area contributed by atoms with Gasteiger partial charge in [-0.3, -0.25) is 4.79 Å². The van der Waals surface area contributed by atoms with Crippen molar-refractivity contribution in [1.29, 1.82) is 0 Å². The maximum atomic E-state index is 11.0. The summed E-state index contributed by atoms with van der Waals surface area (Å²) >= 11 is 2.18. The van der Waals surface area contributed by atoms with E-state index in [0.29, 0.717) is 12.2 Å². The van der Waals surface area contributed by atoms with E-state index in [-0.39, 0.29) is 5.91 Å². The second-order valence-corrected chi connectivity index (χ2v) is 2.88. The van der Waals surface area contributed by atoms with Gasteiger partial charge in [0.25, 0.3) is 5.91 Å². The fraction of sp³-hybridized carbons (Fsp3) is 0.400. The van der Waals surface area contributed by atoms with Crippen LogP contribution in [0.5, 0.6) is 0 Å². The van der Waals surface area contributed by atoms with Crippen LogP contribution in [-0.2, 0) is 0 Å². The van der Waals surface area contributed by atoms with E-state index in [9.17, 15) is 4.79 Å². The molecule has 5 nitrogen and oxygen atoms in total. The molecule has 0 saturated carbocycles. The summed E-state index contributed by atoms with van der Waals surface area (Å²) in [4.78, 5) is 11.0. The summed E-state index contributed by atoms with van der Waals surface area (Å²) < 4.78 is 0.890. The highest BCUT2D eigenvalue weighted by Crippen LogP contribution is 1.87. The summed E-state index contributed by atoms with van der Waals surface area (Å²) in [5.74, 6) is -0.185. The van der Waals surface area contributed by atoms with Crippen molar-refractivity contribution in [3.63, 3.8) is 0 Å². The van der Waals surface area contributed by atoms with Crippen molar-refractivity contribution in [2.24, 2.45) is 0 Å². The molecule has 0 spiro atoms. The topological polar surface area (TPSA) is 70.7 Å². The number of halogens is 1. The molecule has 1 aromatic rings. The summed E-state index contributed by atoms with van der Waals surface area (Å²) in [5.41, 5.74) is 0.329. The second-order valence-electron chi connectivity index (χ2n) is 1.80. The first-order chi connectivity index (χ1) is 5.34. The van der Waals surface area contributed by atoms with Crippen LogP contribution in [0.4, 0.5) is 0 Å². The van der Waals surface area contributed by atoms with Crippen molar-refractivity contribution < 1.29 is 4.79 Å². The number of aromatic nitrogens is 3. The summed E-state index contributed by atoms with van der Waals surface area (Å²) in [6, 6.07) is 0. The Hall–Kier alpha value is -0.660. The van der Waals surface area contributed by atoms with Crippen molar-refractivity contribution in [3.05, 3.63) is 11.9 Å². The number of nitrogens with one attached hydrogen (secondary N) is 2. The Balaban J connectivity index is 2.43. The molecular weight excluding hydrogens is 259 g/mol. The molecule has 1 aromatic heterocycles. The van der Waals surface area contributed by atoms with Crippen molar-refractivity contribution in [2.45, 2.75) is 0 Å². The molecule has 0 bridgehead atoms. The fourth-order valence-electron chi connectivity index (χ4n) is 0.562. The predicted molar refractivity (Wildman–Crippen MR) is 47.6 cm³/mol. The molecule has 0 unspecified atom stereocenters. The van der Waals surface area contributed by atoms with E-state index >= 15 is 0 Å². The van der Waals surface area contributed by atoms with E-state index < -0.39 is 0 Å². The summed E-state index contributed by atoms with van der Waals surface area (Å²) in [6.07, 6.45) is 1.39. The van der Waals surface area contributed by atoms with Gasteiger partial charge in [-0.2, -0.15) is 15.4 Å². The third kappa shape index (κ3) is 2.45. The fourth-order valence-corrected chi connectivity index (χ4v) is 0.832. The van der Waals surface area contributed by atoms with E-state index in [2.05, 4.69) is 43.3 Å². The van der Waals surface area contributed by atoms with E-state index in [1.807, 2.05) is 0 Å². The van der Waals surface area contributed by atoms with Gasteiger partial charge in [-0.05, 0) is 0 Å². The molecule has 6 heteroatoms. The maximum Gasteiger partial charge on any atom is 0.273 e. The first-order valence-electron chi connectivity index (χ1n) is 3.04. The Labute approximate surface area is 77.1 Å². The molecular formula is C5H7IN4O. The molecule has 11 heavy (non-hydrogen) atoms. The molecule has 60 valence electrons. The van der Waals surface area contributed by atoms with Crippen LogP contribution in [0.15, 0.2) is 6.20 Å². The minimum Gasteiger partial charge on any atom is -0.350 e. The molecule has 0 saturated heterocycles. The zero-order valence-corrected chi connectivity index (χ0v) is 7.83. The number of hydrogen-bond acceptors (Lipinski definition) is 3. The number of aromatic amines is 1. The van der Waals surface area contributed by atoms with Crippen LogP contribution < -0.4 is 5.32 Å². The summed E-state index contributed by atoms with van der Waals surface area (Å²) in [5, 5.41) is 12.2. The smallest absolute Gasteiger partial charge is 0.273 e. The molecule has 0 atom stereocenters. The van der Waals surface area contributed by atoms with Gasteiger partial charge < -0.3 is 5.32 Å². The standard InChI is InChI=1S/C5H7IN4O/c6-1-2-7-5(11)4-3-8-10-9-4/h3H,1-2H2,(H,7,11)(H,8,9,10). The lowest BCUT2D eigenvalue weighted by Gasteiger charge is -1.96. The normalized spacial score (nSPS) is 9.55. The third-order valence-electron chi connectivity index (χ3n) is 1.03. The number of nitrogens with zero attached hydrogens (tertiary/aromatic N) is 2. The van der Waals surface area contributed by atoms with Crippen LogP contribution in [0.25, 0.3) is 0 Å². The molecule has 0 aromatic carbocycles. The van der Waals surface area contributed by atoms with Gasteiger partial charge in [-0.1, -0.05) is 22.6 Å².